The minimum atomic E-state index is 0. The SMILES string of the molecule is CC(C)S.[N]. The number of nitrogens with zero attached hydrogens (tertiary/aromatic N) is 1. The van der Waals surface area contributed by atoms with Crippen LogP contribution in [0.1, 0.15) is 13.8 Å². The molecule has 0 aliphatic rings. The fraction of sp³-hybridized carbons (Fsp3) is 1.00. The molecule has 0 bridgehead atoms. The van der Waals surface area contributed by atoms with E-state index < -0.39 is 0 Å². The van der Waals surface area contributed by atoms with Gasteiger partial charge in [0.2, 0.25) is 0 Å². The minimum Gasteiger partial charge on any atom is -0.177 e. The van der Waals surface area contributed by atoms with Gasteiger partial charge in [-0.2, -0.15) is 12.6 Å². The van der Waals surface area contributed by atoms with Gasteiger partial charge < -0.3 is 0 Å². The molecule has 0 aromatic rings. The first kappa shape index (κ1) is 9.00. The predicted octanol–water partition coefficient (Wildman–Crippen LogP) is 0.844. The molecule has 0 atom stereocenters. The minimum absolute atomic E-state index is 0. The van der Waals surface area contributed by atoms with Crippen molar-refractivity contribution in [1.29, 1.82) is 0 Å². The van der Waals surface area contributed by atoms with Crippen LogP contribution >= 0.6 is 12.6 Å². The first-order valence-electron chi connectivity index (χ1n) is 1.41. The van der Waals surface area contributed by atoms with Crippen LogP contribution in [0.25, 0.3) is 0 Å². The second-order valence-electron chi connectivity index (χ2n) is 1.09. The summed E-state index contributed by atoms with van der Waals surface area (Å²) >= 11 is 3.97. The summed E-state index contributed by atoms with van der Waals surface area (Å²) in [4.78, 5) is 0. The zero-order valence-corrected chi connectivity index (χ0v) is 4.37. The molecule has 0 rings (SSSR count). The summed E-state index contributed by atoms with van der Waals surface area (Å²) in [7, 11) is 0. The van der Waals surface area contributed by atoms with Crippen molar-refractivity contribution >= 4 is 12.6 Å². The number of hydrogen-bond donors (Lipinski definition) is 1. The van der Waals surface area contributed by atoms with E-state index in [4.69, 9.17) is 0 Å². The van der Waals surface area contributed by atoms with Gasteiger partial charge in [-0.3, -0.25) is 0 Å². The second-order valence-corrected chi connectivity index (χ2v) is 2.13. The van der Waals surface area contributed by atoms with Crippen molar-refractivity contribution in [2.75, 3.05) is 0 Å². The molecule has 0 saturated carbocycles. The fourth-order valence-corrected chi connectivity index (χ4v) is 0. The quantitative estimate of drug-likeness (QED) is 0.427. The van der Waals surface area contributed by atoms with Crippen LogP contribution in [-0.2, 0) is 0 Å². The van der Waals surface area contributed by atoms with E-state index in [0.29, 0.717) is 5.25 Å². The van der Waals surface area contributed by atoms with Crippen LogP contribution in [-0.4, -0.2) is 5.25 Å². The van der Waals surface area contributed by atoms with Crippen LogP contribution in [0, 0.1) is 0 Å². The van der Waals surface area contributed by atoms with Crippen LogP contribution in [0.15, 0.2) is 0 Å². The van der Waals surface area contributed by atoms with E-state index in [1.807, 2.05) is 13.8 Å². The van der Waals surface area contributed by atoms with E-state index in [1.165, 1.54) is 0 Å². The molecule has 0 spiro atoms. The summed E-state index contributed by atoms with van der Waals surface area (Å²) in [5.74, 6) is 0. The van der Waals surface area contributed by atoms with Crippen molar-refractivity contribution in [2.24, 2.45) is 0 Å². The Hall–Kier alpha value is 0.310. The molecule has 0 aliphatic carbocycles. The van der Waals surface area contributed by atoms with Crippen molar-refractivity contribution < 1.29 is 0 Å². The van der Waals surface area contributed by atoms with Gasteiger partial charge in [-0.25, -0.2) is 0 Å². The largest absolute Gasteiger partial charge is 0.177 e. The monoisotopic (exact) mass is 90.0 g/mol. The highest BCUT2D eigenvalue weighted by molar-refractivity contribution is 7.80. The molecular weight excluding hydrogens is 82.1 g/mol. The molecule has 0 aromatic carbocycles. The van der Waals surface area contributed by atoms with Crippen LogP contribution < -0.4 is 6.15 Å². The Morgan fingerprint density at radius 1 is 1.40 bits per heavy atom. The molecule has 5 heavy (non-hydrogen) atoms. The van der Waals surface area contributed by atoms with E-state index in [-0.39, 0.29) is 6.15 Å². The lowest BCUT2D eigenvalue weighted by atomic mass is 10.6. The molecule has 0 saturated heterocycles. The van der Waals surface area contributed by atoms with Gasteiger partial charge >= 0.3 is 0 Å². The third-order valence-corrected chi connectivity index (χ3v) is 0. The van der Waals surface area contributed by atoms with Crippen molar-refractivity contribution in [3.63, 3.8) is 0 Å². The van der Waals surface area contributed by atoms with Gasteiger partial charge in [-0.05, 0) is 5.25 Å². The Balaban J connectivity index is 0. The van der Waals surface area contributed by atoms with Gasteiger partial charge in [0, 0.05) is 6.15 Å². The molecule has 2 heteroatoms. The molecule has 0 aliphatic heterocycles. The third-order valence-electron chi connectivity index (χ3n) is 0. The molecule has 0 amide bonds. The normalized spacial score (nSPS) is 7.20. The molecule has 31 valence electrons. The first-order chi connectivity index (χ1) is 1.73. The standard InChI is InChI=1S/C3H8S.N/c1-3(2)4;/h3-4H,1-2H3;. The molecule has 0 N–H and O–H groups in total. The summed E-state index contributed by atoms with van der Waals surface area (Å²) in [6.07, 6.45) is 0. The van der Waals surface area contributed by atoms with E-state index in [1.54, 1.807) is 0 Å². The molecule has 1 nitrogen and oxygen atoms in total. The highest BCUT2D eigenvalue weighted by Gasteiger charge is 1.69. The van der Waals surface area contributed by atoms with Gasteiger partial charge in [0.15, 0.2) is 0 Å². The van der Waals surface area contributed by atoms with Crippen molar-refractivity contribution in [3.05, 3.63) is 0 Å². The Morgan fingerprint density at radius 3 is 1.40 bits per heavy atom. The molecular formula is C3H8NS. The Morgan fingerprint density at radius 2 is 1.40 bits per heavy atom. The van der Waals surface area contributed by atoms with Crippen LogP contribution in [0.2, 0.25) is 0 Å². The predicted molar refractivity (Wildman–Crippen MR) is 26.3 cm³/mol. The summed E-state index contributed by atoms with van der Waals surface area (Å²) < 4.78 is 0. The summed E-state index contributed by atoms with van der Waals surface area (Å²) in [5.41, 5.74) is 0. The summed E-state index contributed by atoms with van der Waals surface area (Å²) in [6, 6.07) is 0. The lowest BCUT2D eigenvalue weighted by Crippen LogP contribution is -1.71. The smallest absolute Gasteiger partial charge is 0 e. The summed E-state index contributed by atoms with van der Waals surface area (Å²) in [5, 5.41) is 0.528. The number of rotatable bonds is 0. The summed E-state index contributed by atoms with van der Waals surface area (Å²) in [6.45, 7) is 4.06. The van der Waals surface area contributed by atoms with Gasteiger partial charge in [-0.1, -0.05) is 13.8 Å². The van der Waals surface area contributed by atoms with Gasteiger partial charge in [0.25, 0.3) is 0 Å². The van der Waals surface area contributed by atoms with E-state index >= 15 is 0 Å². The van der Waals surface area contributed by atoms with Gasteiger partial charge in [0.05, 0.1) is 0 Å². The van der Waals surface area contributed by atoms with E-state index in [0.717, 1.165) is 0 Å². The fourth-order valence-electron chi connectivity index (χ4n) is 0. The average molecular weight is 90.2 g/mol. The third kappa shape index (κ3) is 239. The highest BCUT2D eigenvalue weighted by atomic mass is 32.1. The molecule has 0 unspecified atom stereocenters. The Kier molecular flexibility index (Phi) is 7.76. The van der Waals surface area contributed by atoms with Crippen molar-refractivity contribution in [2.45, 2.75) is 19.1 Å². The van der Waals surface area contributed by atoms with Crippen LogP contribution in [0.3, 0.4) is 0 Å². The average Bonchev–Trinajstić information content (AvgIpc) is 0.811. The van der Waals surface area contributed by atoms with Crippen LogP contribution in [0.4, 0.5) is 0 Å². The zero-order chi connectivity index (χ0) is 3.58. The lowest BCUT2D eigenvalue weighted by molar-refractivity contribution is 1.13. The van der Waals surface area contributed by atoms with Gasteiger partial charge in [-0.15, -0.1) is 0 Å². The van der Waals surface area contributed by atoms with E-state index in [2.05, 4.69) is 12.6 Å². The lowest BCUT2D eigenvalue weighted by Gasteiger charge is -1.78. The number of hydrogen-bond acceptors (Lipinski definition) is 1. The maximum atomic E-state index is 3.97. The maximum Gasteiger partial charge on any atom is 0 e. The molecule has 0 aromatic heterocycles. The maximum absolute atomic E-state index is 3.97. The van der Waals surface area contributed by atoms with Crippen LogP contribution in [0.5, 0.6) is 0 Å². The van der Waals surface area contributed by atoms with Gasteiger partial charge in [0.1, 0.15) is 0 Å². The number of thiol groups is 1. The first-order valence-corrected chi connectivity index (χ1v) is 1.93. The second kappa shape index (κ2) is 4.31. The molecule has 0 fully saturated rings. The zero-order valence-electron chi connectivity index (χ0n) is 3.47. The topological polar surface area (TPSA) is 30.5 Å². The highest BCUT2D eigenvalue weighted by Crippen LogP contribution is 1.83. The van der Waals surface area contributed by atoms with Crippen molar-refractivity contribution in [3.8, 4) is 0 Å². The molecule has 3 radical (unpaired) electrons. The van der Waals surface area contributed by atoms with E-state index in [9.17, 15) is 0 Å². The molecule has 0 heterocycles. The van der Waals surface area contributed by atoms with Crippen molar-refractivity contribution in [1.82, 2.24) is 6.15 Å². The Labute approximate surface area is 38.8 Å². The Bertz CT molecular complexity index is 11.6.